The molecule has 0 saturated carbocycles. The number of hydrazine groups is 1. The molecule has 4 heteroatoms. The molecule has 2 heterocycles. The zero-order chi connectivity index (χ0) is 12.3. The molecule has 2 N–H and O–H groups in total. The molecular formula is C13H21N3O. The lowest BCUT2D eigenvalue weighted by Gasteiger charge is -2.39. The summed E-state index contributed by atoms with van der Waals surface area (Å²) < 4.78 is 0. The molecular weight excluding hydrogens is 214 g/mol. The predicted octanol–water partition coefficient (Wildman–Crippen LogP) is 2.05. The van der Waals surface area contributed by atoms with Crippen LogP contribution in [0, 0.1) is 0 Å². The average Bonchev–Trinajstić information content (AvgIpc) is 2.31. The normalized spacial score (nSPS) is 26.0. The van der Waals surface area contributed by atoms with Crippen LogP contribution >= 0.6 is 0 Å². The van der Waals surface area contributed by atoms with Gasteiger partial charge in [0.25, 0.3) is 0 Å². The Morgan fingerprint density at radius 1 is 1.35 bits per heavy atom. The van der Waals surface area contributed by atoms with Crippen molar-refractivity contribution in [1.29, 1.82) is 0 Å². The lowest BCUT2D eigenvalue weighted by molar-refractivity contribution is 0.0431. The molecule has 0 spiro atoms. The molecule has 1 aromatic rings. The summed E-state index contributed by atoms with van der Waals surface area (Å²) in [6.07, 6.45) is 5.30. The van der Waals surface area contributed by atoms with E-state index >= 15 is 0 Å². The molecule has 0 bridgehead atoms. The fourth-order valence-electron chi connectivity index (χ4n) is 2.43. The van der Waals surface area contributed by atoms with Gasteiger partial charge in [0.2, 0.25) is 0 Å². The van der Waals surface area contributed by atoms with Crippen molar-refractivity contribution in [3.05, 3.63) is 24.0 Å². The SMILES string of the molecule is CC1CCCC(C)N1NCc1ccc(O)cn1. The Hall–Kier alpha value is -1.13. The second kappa shape index (κ2) is 5.47. The van der Waals surface area contributed by atoms with Gasteiger partial charge < -0.3 is 5.11 Å². The zero-order valence-corrected chi connectivity index (χ0v) is 10.6. The molecule has 0 aromatic carbocycles. The van der Waals surface area contributed by atoms with E-state index in [0.29, 0.717) is 12.1 Å². The van der Waals surface area contributed by atoms with E-state index < -0.39 is 0 Å². The molecule has 0 amide bonds. The van der Waals surface area contributed by atoms with Crippen LogP contribution in [0.2, 0.25) is 0 Å². The lowest BCUT2D eigenvalue weighted by Crippen LogP contribution is -2.51. The van der Waals surface area contributed by atoms with Gasteiger partial charge in [0.15, 0.2) is 0 Å². The number of nitrogens with zero attached hydrogens (tertiary/aromatic N) is 2. The maximum absolute atomic E-state index is 9.16. The summed E-state index contributed by atoms with van der Waals surface area (Å²) in [5, 5.41) is 11.5. The minimum atomic E-state index is 0.216. The zero-order valence-electron chi connectivity index (χ0n) is 10.6. The molecule has 2 unspecified atom stereocenters. The number of hydrogen-bond acceptors (Lipinski definition) is 4. The Bertz CT molecular complexity index is 342. The highest BCUT2D eigenvalue weighted by Crippen LogP contribution is 2.20. The Labute approximate surface area is 103 Å². The topological polar surface area (TPSA) is 48.4 Å². The molecule has 2 rings (SSSR count). The largest absolute Gasteiger partial charge is 0.506 e. The number of pyridine rings is 1. The van der Waals surface area contributed by atoms with Gasteiger partial charge in [-0.25, -0.2) is 10.4 Å². The van der Waals surface area contributed by atoms with E-state index in [0.717, 1.165) is 12.2 Å². The Balaban J connectivity index is 1.90. The van der Waals surface area contributed by atoms with Crippen molar-refractivity contribution in [3.63, 3.8) is 0 Å². The minimum absolute atomic E-state index is 0.216. The number of piperidine rings is 1. The summed E-state index contributed by atoms with van der Waals surface area (Å²) in [6, 6.07) is 4.68. The van der Waals surface area contributed by atoms with Crippen molar-refractivity contribution in [2.75, 3.05) is 0 Å². The van der Waals surface area contributed by atoms with Gasteiger partial charge in [-0.15, -0.1) is 0 Å². The number of rotatable bonds is 3. The summed E-state index contributed by atoms with van der Waals surface area (Å²) in [7, 11) is 0. The molecule has 94 valence electrons. The monoisotopic (exact) mass is 235 g/mol. The molecule has 1 aliphatic heterocycles. The number of aromatic nitrogens is 1. The van der Waals surface area contributed by atoms with E-state index in [-0.39, 0.29) is 5.75 Å². The first kappa shape index (κ1) is 12.3. The molecule has 2 atom stereocenters. The molecule has 1 aliphatic rings. The van der Waals surface area contributed by atoms with Crippen molar-refractivity contribution in [3.8, 4) is 5.75 Å². The molecule has 0 radical (unpaired) electrons. The van der Waals surface area contributed by atoms with Crippen LogP contribution in [0.1, 0.15) is 38.8 Å². The number of nitrogens with one attached hydrogen (secondary N) is 1. The van der Waals surface area contributed by atoms with E-state index in [4.69, 9.17) is 5.11 Å². The molecule has 1 aromatic heterocycles. The van der Waals surface area contributed by atoms with Gasteiger partial charge in [-0.05, 0) is 38.8 Å². The standard InChI is InChI=1S/C13H21N3O/c1-10-4-3-5-11(2)16(10)15-8-12-6-7-13(17)9-14-12/h6-7,9-11,15,17H,3-5,8H2,1-2H3. The van der Waals surface area contributed by atoms with Gasteiger partial charge in [0, 0.05) is 12.1 Å². The fraction of sp³-hybridized carbons (Fsp3) is 0.615. The van der Waals surface area contributed by atoms with Crippen LogP contribution in [-0.2, 0) is 6.54 Å². The fourth-order valence-corrected chi connectivity index (χ4v) is 2.43. The number of hydrogen-bond donors (Lipinski definition) is 2. The van der Waals surface area contributed by atoms with E-state index in [1.165, 1.54) is 25.5 Å². The molecule has 17 heavy (non-hydrogen) atoms. The van der Waals surface area contributed by atoms with Crippen LogP contribution in [0.5, 0.6) is 5.75 Å². The van der Waals surface area contributed by atoms with Crippen molar-refractivity contribution >= 4 is 0 Å². The summed E-state index contributed by atoms with van der Waals surface area (Å²) >= 11 is 0. The lowest BCUT2D eigenvalue weighted by atomic mass is 10.00. The van der Waals surface area contributed by atoms with Gasteiger partial charge in [-0.1, -0.05) is 6.42 Å². The second-order valence-electron chi connectivity index (χ2n) is 4.88. The Kier molecular flexibility index (Phi) is 3.97. The van der Waals surface area contributed by atoms with Crippen LogP contribution in [0.4, 0.5) is 0 Å². The van der Waals surface area contributed by atoms with Gasteiger partial charge in [-0.3, -0.25) is 4.98 Å². The third-order valence-corrected chi connectivity index (χ3v) is 3.45. The number of aromatic hydroxyl groups is 1. The van der Waals surface area contributed by atoms with E-state index in [1.807, 2.05) is 6.07 Å². The Morgan fingerprint density at radius 2 is 2.06 bits per heavy atom. The molecule has 1 saturated heterocycles. The molecule has 0 aliphatic carbocycles. The van der Waals surface area contributed by atoms with Crippen LogP contribution in [0.25, 0.3) is 0 Å². The van der Waals surface area contributed by atoms with Crippen molar-refractivity contribution in [1.82, 2.24) is 15.4 Å². The predicted molar refractivity (Wildman–Crippen MR) is 67.4 cm³/mol. The summed E-state index contributed by atoms with van der Waals surface area (Å²) in [4.78, 5) is 4.17. The van der Waals surface area contributed by atoms with E-state index in [1.54, 1.807) is 6.07 Å². The van der Waals surface area contributed by atoms with Crippen LogP contribution < -0.4 is 5.43 Å². The average molecular weight is 235 g/mol. The van der Waals surface area contributed by atoms with Crippen molar-refractivity contribution < 1.29 is 5.11 Å². The highest BCUT2D eigenvalue weighted by Gasteiger charge is 2.24. The van der Waals surface area contributed by atoms with Gasteiger partial charge in [0.05, 0.1) is 18.4 Å². The highest BCUT2D eigenvalue weighted by atomic mass is 16.3. The summed E-state index contributed by atoms with van der Waals surface area (Å²) in [6.45, 7) is 5.23. The summed E-state index contributed by atoms with van der Waals surface area (Å²) in [5.74, 6) is 0.216. The smallest absolute Gasteiger partial charge is 0.133 e. The quantitative estimate of drug-likeness (QED) is 0.842. The first-order valence-corrected chi connectivity index (χ1v) is 6.32. The minimum Gasteiger partial charge on any atom is -0.506 e. The third-order valence-electron chi connectivity index (χ3n) is 3.45. The maximum atomic E-state index is 9.16. The second-order valence-corrected chi connectivity index (χ2v) is 4.88. The first-order valence-electron chi connectivity index (χ1n) is 6.32. The van der Waals surface area contributed by atoms with Gasteiger partial charge in [-0.2, -0.15) is 0 Å². The van der Waals surface area contributed by atoms with E-state index in [9.17, 15) is 0 Å². The van der Waals surface area contributed by atoms with Crippen LogP contribution in [-0.4, -0.2) is 27.2 Å². The van der Waals surface area contributed by atoms with Crippen molar-refractivity contribution in [2.45, 2.75) is 51.7 Å². The maximum Gasteiger partial charge on any atom is 0.133 e. The Morgan fingerprint density at radius 3 is 2.65 bits per heavy atom. The van der Waals surface area contributed by atoms with Gasteiger partial charge >= 0.3 is 0 Å². The first-order chi connectivity index (χ1) is 8.16. The van der Waals surface area contributed by atoms with Crippen LogP contribution in [0.3, 0.4) is 0 Å². The molecule has 4 nitrogen and oxygen atoms in total. The van der Waals surface area contributed by atoms with Gasteiger partial charge in [0.1, 0.15) is 5.75 Å². The summed E-state index contributed by atoms with van der Waals surface area (Å²) in [5.41, 5.74) is 4.40. The highest BCUT2D eigenvalue weighted by molar-refractivity contribution is 5.17. The third kappa shape index (κ3) is 3.17. The van der Waals surface area contributed by atoms with E-state index in [2.05, 4.69) is 29.3 Å². The van der Waals surface area contributed by atoms with Crippen molar-refractivity contribution in [2.24, 2.45) is 0 Å². The van der Waals surface area contributed by atoms with Crippen LogP contribution in [0.15, 0.2) is 18.3 Å². The molecule has 1 fully saturated rings.